The number of fused-ring (bicyclic) bond motifs is 1. The van der Waals surface area contributed by atoms with Crippen molar-refractivity contribution in [3.63, 3.8) is 0 Å². The molecule has 2 heterocycles. The molecule has 0 saturated heterocycles. The van der Waals surface area contributed by atoms with Gasteiger partial charge in [0.15, 0.2) is 0 Å². The van der Waals surface area contributed by atoms with Gasteiger partial charge in [-0.25, -0.2) is 9.37 Å². The summed E-state index contributed by atoms with van der Waals surface area (Å²) in [6.45, 7) is 0. The van der Waals surface area contributed by atoms with Crippen molar-refractivity contribution in [2.45, 2.75) is 6.04 Å². The molecule has 5 heteroatoms. The first-order chi connectivity index (χ1) is 10.2. The first kappa shape index (κ1) is 13.6. The standard InChI is InChI=1S/C16H15FN2O2/c1-18-15(12-4-3-7-19-16(12)20-2)14-9-10-8-11(17)5-6-13(10)21-14/h3-9,15,18H,1-2H3. The van der Waals surface area contributed by atoms with Crippen LogP contribution in [0.2, 0.25) is 0 Å². The number of methoxy groups -OCH3 is 1. The summed E-state index contributed by atoms with van der Waals surface area (Å²) >= 11 is 0. The lowest BCUT2D eigenvalue weighted by molar-refractivity contribution is 0.383. The molecular weight excluding hydrogens is 271 g/mol. The van der Waals surface area contributed by atoms with Gasteiger partial charge in [-0.1, -0.05) is 6.07 Å². The Morgan fingerprint density at radius 2 is 2.14 bits per heavy atom. The van der Waals surface area contributed by atoms with E-state index in [-0.39, 0.29) is 11.9 Å². The minimum absolute atomic E-state index is 0.218. The number of hydrogen-bond acceptors (Lipinski definition) is 4. The number of benzene rings is 1. The average molecular weight is 286 g/mol. The van der Waals surface area contributed by atoms with Crippen LogP contribution < -0.4 is 10.1 Å². The molecule has 4 nitrogen and oxygen atoms in total. The highest BCUT2D eigenvalue weighted by atomic mass is 19.1. The van der Waals surface area contributed by atoms with E-state index in [1.54, 1.807) is 19.4 Å². The van der Waals surface area contributed by atoms with Crippen molar-refractivity contribution in [2.24, 2.45) is 0 Å². The van der Waals surface area contributed by atoms with E-state index in [9.17, 15) is 4.39 Å². The molecule has 0 fully saturated rings. The van der Waals surface area contributed by atoms with Crippen molar-refractivity contribution in [3.8, 4) is 5.88 Å². The molecule has 1 unspecified atom stereocenters. The fourth-order valence-corrected chi connectivity index (χ4v) is 2.42. The number of furan rings is 1. The van der Waals surface area contributed by atoms with E-state index in [4.69, 9.17) is 9.15 Å². The molecule has 0 aliphatic rings. The summed E-state index contributed by atoms with van der Waals surface area (Å²) in [6.07, 6.45) is 1.67. The van der Waals surface area contributed by atoms with Crippen LogP contribution in [0.15, 0.2) is 47.0 Å². The van der Waals surface area contributed by atoms with Crippen LogP contribution in [0.4, 0.5) is 4.39 Å². The van der Waals surface area contributed by atoms with Crippen molar-refractivity contribution >= 4 is 11.0 Å². The summed E-state index contributed by atoms with van der Waals surface area (Å²) in [6, 6.07) is 9.83. The van der Waals surface area contributed by atoms with Crippen molar-refractivity contribution in [2.75, 3.05) is 14.2 Å². The van der Waals surface area contributed by atoms with Gasteiger partial charge in [0.05, 0.1) is 13.2 Å². The van der Waals surface area contributed by atoms with Gasteiger partial charge in [-0.2, -0.15) is 0 Å². The fraction of sp³-hybridized carbons (Fsp3) is 0.188. The topological polar surface area (TPSA) is 47.3 Å². The SMILES string of the molecule is CNC(c1cc2cc(F)ccc2o1)c1cccnc1OC. The van der Waals surface area contributed by atoms with E-state index in [0.29, 0.717) is 17.2 Å². The Bertz CT molecular complexity index is 770. The first-order valence-electron chi connectivity index (χ1n) is 6.58. The van der Waals surface area contributed by atoms with Gasteiger partial charge in [0.25, 0.3) is 0 Å². The monoisotopic (exact) mass is 286 g/mol. The van der Waals surface area contributed by atoms with Crippen molar-refractivity contribution < 1.29 is 13.5 Å². The molecule has 3 aromatic rings. The van der Waals surface area contributed by atoms with Crippen LogP contribution in [0.3, 0.4) is 0 Å². The Hall–Kier alpha value is -2.40. The van der Waals surface area contributed by atoms with Crippen LogP contribution in [0, 0.1) is 5.82 Å². The molecule has 108 valence electrons. The summed E-state index contributed by atoms with van der Waals surface area (Å²) in [4.78, 5) is 4.20. The number of rotatable bonds is 4. The highest BCUT2D eigenvalue weighted by Gasteiger charge is 2.21. The molecule has 21 heavy (non-hydrogen) atoms. The van der Waals surface area contributed by atoms with Gasteiger partial charge < -0.3 is 14.5 Å². The molecule has 0 saturated carbocycles. The van der Waals surface area contributed by atoms with Crippen molar-refractivity contribution in [3.05, 3.63) is 59.7 Å². The van der Waals surface area contributed by atoms with Gasteiger partial charge >= 0.3 is 0 Å². The molecule has 1 N–H and O–H groups in total. The molecule has 0 bridgehead atoms. The summed E-state index contributed by atoms with van der Waals surface area (Å²) in [5.41, 5.74) is 1.51. The molecule has 0 spiro atoms. The summed E-state index contributed by atoms with van der Waals surface area (Å²) in [5, 5.41) is 3.91. The van der Waals surface area contributed by atoms with E-state index in [1.165, 1.54) is 12.1 Å². The number of nitrogens with one attached hydrogen (secondary N) is 1. The Morgan fingerprint density at radius 3 is 2.90 bits per heavy atom. The second-order valence-corrected chi connectivity index (χ2v) is 4.65. The van der Waals surface area contributed by atoms with Gasteiger partial charge in [0, 0.05) is 17.1 Å². The van der Waals surface area contributed by atoms with Crippen LogP contribution >= 0.6 is 0 Å². The van der Waals surface area contributed by atoms with E-state index >= 15 is 0 Å². The molecule has 1 aromatic carbocycles. The molecule has 0 aliphatic heterocycles. The van der Waals surface area contributed by atoms with Gasteiger partial charge in [-0.05, 0) is 37.4 Å². The maximum absolute atomic E-state index is 13.3. The van der Waals surface area contributed by atoms with E-state index < -0.39 is 0 Å². The molecule has 0 radical (unpaired) electrons. The van der Waals surface area contributed by atoms with Gasteiger partial charge in [0.2, 0.25) is 5.88 Å². The summed E-state index contributed by atoms with van der Waals surface area (Å²) < 4.78 is 24.4. The van der Waals surface area contributed by atoms with Crippen LogP contribution in [-0.4, -0.2) is 19.1 Å². The highest BCUT2D eigenvalue weighted by Crippen LogP contribution is 2.31. The van der Waals surface area contributed by atoms with Gasteiger partial charge in [0.1, 0.15) is 17.2 Å². The Morgan fingerprint density at radius 1 is 1.29 bits per heavy atom. The number of halogens is 1. The molecule has 3 rings (SSSR count). The zero-order valence-electron chi connectivity index (χ0n) is 11.8. The average Bonchev–Trinajstić information content (AvgIpc) is 2.91. The Balaban J connectivity index is 2.09. The maximum atomic E-state index is 13.3. The number of ether oxygens (including phenoxy) is 1. The zero-order valence-corrected chi connectivity index (χ0v) is 11.8. The third-order valence-corrected chi connectivity index (χ3v) is 3.38. The lowest BCUT2D eigenvalue weighted by Gasteiger charge is -2.16. The number of nitrogens with zero attached hydrogens (tertiary/aromatic N) is 1. The van der Waals surface area contributed by atoms with Crippen molar-refractivity contribution in [1.29, 1.82) is 0 Å². The van der Waals surface area contributed by atoms with E-state index in [0.717, 1.165) is 10.9 Å². The third kappa shape index (κ3) is 2.48. The van der Waals surface area contributed by atoms with Crippen LogP contribution in [0.1, 0.15) is 17.4 Å². The van der Waals surface area contributed by atoms with Crippen LogP contribution in [-0.2, 0) is 0 Å². The zero-order chi connectivity index (χ0) is 14.8. The Kier molecular flexibility index (Phi) is 3.58. The smallest absolute Gasteiger partial charge is 0.218 e. The van der Waals surface area contributed by atoms with Gasteiger partial charge in [-0.3, -0.25) is 0 Å². The number of hydrogen-bond donors (Lipinski definition) is 1. The summed E-state index contributed by atoms with van der Waals surface area (Å²) in [7, 11) is 3.40. The predicted octanol–water partition coefficient (Wildman–Crippen LogP) is 3.28. The molecule has 2 aromatic heterocycles. The normalized spacial score (nSPS) is 12.5. The molecular formula is C16H15FN2O2. The minimum atomic E-state index is -0.283. The van der Waals surface area contributed by atoms with Crippen LogP contribution in [0.25, 0.3) is 11.0 Å². The van der Waals surface area contributed by atoms with E-state index in [1.807, 2.05) is 25.2 Å². The summed E-state index contributed by atoms with van der Waals surface area (Å²) in [5.74, 6) is 0.933. The molecule has 0 aliphatic carbocycles. The lowest BCUT2D eigenvalue weighted by Crippen LogP contribution is -2.18. The highest BCUT2D eigenvalue weighted by molar-refractivity contribution is 5.78. The second kappa shape index (κ2) is 5.54. The second-order valence-electron chi connectivity index (χ2n) is 4.65. The minimum Gasteiger partial charge on any atom is -0.481 e. The largest absolute Gasteiger partial charge is 0.481 e. The van der Waals surface area contributed by atoms with Crippen LogP contribution in [0.5, 0.6) is 5.88 Å². The quantitative estimate of drug-likeness (QED) is 0.799. The predicted molar refractivity (Wildman–Crippen MR) is 77.9 cm³/mol. The van der Waals surface area contributed by atoms with Gasteiger partial charge in [-0.15, -0.1) is 0 Å². The number of aromatic nitrogens is 1. The van der Waals surface area contributed by atoms with E-state index in [2.05, 4.69) is 10.3 Å². The maximum Gasteiger partial charge on any atom is 0.218 e. The number of pyridine rings is 1. The first-order valence-corrected chi connectivity index (χ1v) is 6.58. The fourth-order valence-electron chi connectivity index (χ4n) is 2.42. The lowest BCUT2D eigenvalue weighted by atomic mass is 10.1. The Labute approximate surface area is 121 Å². The molecule has 1 atom stereocenters. The third-order valence-electron chi connectivity index (χ3n) is 3.38. The van der Waals surface area contributed by atoms with Crippen molar-refractivity contribution in [1.82, 2.24) is 10.3 Å². The molecule has 0 amide bonds.